The fourth-order valence-electron chi connectivity index (χ4n) is 1.89. The Labute approximate surface area is 125 Å². The van der Waals surface area contributed by atoms with Crippen molar-refractivity contribution < 1.29 is 17.6 Å². The zero-order chi connectivity index (χ0) is 16.9. The number of likely N-dealkylation sites (N-methyl/N-ethyl adjacent to an activating group) is 1. The molecule has 0 amide bonds. The third kappa shape index (κ3) is 4.54. The van der Waals surface area contributed by atoms with Gasteiger partial charge in [-0.25, -0.2) is 4.39 Å². The van der Waals surface area contributed by atoms with E-state index in [0.29, 0.717) is 24.7 Å². The summed E-state index contributed by atoms with van der Waals surface area (Å²) in [5.74, 6) is -1.36. The molecule has 0 aliphatic rings. The normalized spacial score (nSPS) is 13.2. The highest BCUT2D eigenvalue weighted by Gasteiger charge is 2.34. The first-order valence-corrected chi connectivity index (χ1v) is 6.45. The van der Waals surface area contributed by atoms with Gasteiger partial charge in [0.05, 0.1) is 5.56 Å². The topological polar surface area (TPSA) is 79.1 Å². The summed E-state index contributed by atoms with van der Waals surface area (Å²) in [5.41, 5.74) is 10.2. The summed E-state index contributed by atoms with van der Waals surface area (Å²) in [7, 11) is 1.75. The Morgan fingerprint density at radius 3 is 2.50 bits per heavy atom. The molecule has 0 saturated heterocycles. The van der Waals surface area contributed by atoms with Crippen LogP contribution in [0.25, 0.3) is 5.70 Å². The molecule has 0 atom stereocenters. The molecule has 0 bridgehead atoms. The Bertz CT molecular complexity index is 566. The summed E-state index contributed by atoms with van der Waals surface area (Å²) in [6, 6.07) is 2.53. The van der Waals surface area contributed by atoms with Crippen LogP contribution in [0.15, 0.2) is 23.8 Å². The Morgan fingerprint density at radius 2 is 2.00 bits per heavy atom. The second-order valence-corrected chi connectivity index (χ2v) is 4.80. The van der Waals surface area contributed by atoms with Gasteiger partial charge in [0, 0.05) is 37.1 Å². The molecular formula is C14H18F4N4. The van der Waals surface area contributed by atoms with Gasteiger partial charge in [0.2, 0.25) is 0 Å². The van der Waals surface area contributed by atoms with Crippen LogP contribution in [0, 0.1) is 11.2 Å². The molecule has 0 heterocycles. The number of hydrogen-bond donors (Lipinski definition) is 3. The molecule has 8 heteroatoms. The largest absolute Gasteiger partial charge is 0.419 e. The molecule has 0 fully saturated rings. The van der Waals surface area contributed by atoms with Crippen molar-refractivity contribution in [2.45, 2.75) is 6.18 Å². The molecule has 0 unspecified atom stereocenters. The van der Waals surface area contributed by atoms with Crippen molar-refractivity contribution in [1.82, 2.24) is 4.90 Å². The quantitative estimate of drug-likeness (QED) is 0.555. The van der Waals surface area contributed by atoms with Crippen LogP contribution in [-0.2, 0) is 6.18 Å². The van der Waals surface area contributed by atoms with E-state index < -0.39 is 17.6 Å². The molecule has 0 aromatic heterocycles. The van der Waals surface area contributed by atoms with Gasteiger partial charge in [-0.2, -0.15) is 13.2 Å². The molecule has 0 spiro atoms. The lowest BCUT2D eigenvalue weighted by Gasteiger charge is -2.18. The van der Waals surface area contributed by atoms with Crippen LogP contribution < -0.4 is 11.5 Å². The van der Waals surface area contributed by atoms with Crippen LogP contribution in [-0.4, -0.2) is 37.8 Å². The van der Waals surface area contributed by atoms with Gasteiger partial charge in [0.25, 0.3) is 0 Å². The van der Waals surface area contributed by atoms with E-state index in [1.165, 1.54) is 0 Å². The van der Waals surface area contributed by atoms with Crippen molar-refractivity contribution in [3.05, 3.63) is 40.7 Å². The Balaban J connectivity index is 3.21. The third-order valence-corrected chi connectivity index (χ3v) is 3.05. The summed E-state index contributed by atoms with van der Waals surface area (Å²) < 4.78 is 51.4. The molecule has 0 aliphatic carbocycles. The lowest BCUT2D eigenvalue weighted by Crippen LogP contribution is -2.28. The van der Waals surface area contributed by atoms with E-state index in [1.54, 1.807) is 11.9 Å². The fourth-order valence-corrected chi connectivity index (χ4v) is 1.89. The predicted molar refractivity (Wildman–Crippen MR) is 77.8 cm³/mol. The van der Waals surface area contributed by atoms with Crippen molar-refractivity contribution in [3.8, 4) is 0 Å². The number of hydrogen-bond acceptors (Lipinski definition) is 4. The molecule has 0 saturated carbocycles. The summed E-state index contributed by atoms with van der Waals surface area (Å²) in [6.07, 6.45) is -3.83. The van der Waals surface area contributed by atoms with Crippen LogP contribution in [0.4, 0.5) is 17.6 Å². The highest BCUT2D eigenvalue weighted by Crippen LogP contribution is 2.32. The molecule has 1 rings (SSSR count). The van der Waals surface area contributed by atoms with Gasteiger partial charge in [0.1, 0.15) is 5.82 Å². The van der Waals surface area contributed by atoms with Crippen molar-refractivity contribution >= 4 is 11.9 Å². The second kappa shape index (κ2) is 7.37. The van der Waals surface area contributed by atoms with Crippen LogP contribution in [0.5, 0.6) is 0 Å². The monoisotopic (exact) mass is 318 g/mol. The summed E-state index contributed by atoms with van der Waals surface area (Å²) in [4.78, 5) is 1.78. The van der Waals surface area contributed by atoms with Gasteiger partial charge >= 0.3 is 6.18 Å². The van der Waals surface area contributed by atoms with E-state index in [4.69, 9.17) is 16.9 Å². The fraction of sp³-hybridized carbons (Fsp3) is 0.357. The van der Waals surface area contributed by atoms with E-state index in [2.05, 4.69) is 0 Å². The molecule has 122 valence electrons. The van der Waals surface area contributed by atoms with E-state index in [1.807, 2.05) is 0 Å². The van der Waals surface area contributed by atoms with Gasteiger partial charge in [-0.1, -0.05) is 0 Å². The molecule has 1 aromatic rings. The highest BCUT2D eigenvalue weighted by molar-refractivity contribution is 5.89. The number of halogens is 4. The number of benzene rings is 1. The van der Waals surface area contributed by atoms with E-state index in [-0.39, 0.29) is 17.8 Å². The first kappa shape index (κ1) is 18.1. The van der Waals surface area contributed by atoms with Gasteiger partial charge in [-0.3, -0.25) is 0 Å². The average molecular weight is 318 g/mol. The maximum Gasteiger partial charge on any atom is 0.419 e. The Hall–Kier alpha value is -1.93. The highest BCUT2D eigenvalue weighted by atomic mass is 19.4. The minimum atomic E-state index is -4.80. The molecule has 0 aliphatic heterocycles. The maximum absolute atomic E-state index is 13.3. The first-order valence-electron chi connectivity index (χ1n) is 6.45. The van der Waals surface area contributed by atoms with Crippen molar-refractivity contribution in [3.63, 3.8) is 0 Å². The van der Waals surface area contributed by atoms with E-state index in [9.17, 15) is 17.6 Å². The third-order valence-electron chi connectivity index (χ3n) is 3.05. The van der Waals surface area contributed by atoms with Gasteiger partial charge in [0.15, 0.2) is 0 Å². The van der Waals surface area contributed by atoms with Gasteiger partial charge in [-0.15, -0.1) is 0 Å². The molecule has 5 N–H and O–H groups in total. The molecule has 22 heavy (non-hydrogen) atoms. The second-order valence-electron chi connectivity index (χ2n) is 4.80. The number of nitrogens with zero attached hydrogens (tertiary/aromatic N) is 1. The van der Waals surface area contributed by atoms with Crippen LogP contribution in [0.1, 0.15) is 11.1 Å². The zero-order valence-electron chi connectivity index (χ0n) is 12.0. The summed E-state index contributed by atoms with van der Waals surface area (Å²) in [5, 5.41) is 7.37. The Morgan fingerprint density at radius 1 is 1.36 bits per heavy atom. The van der Waals surface area contributed by atoms with Crippen molar-refractivity contribution in [2.75, 3.05) is 26.7 Å². The first-order chi connectivity index (χ1) is 10.2. The SMILES string of the molecule is CN(CCN)CC(C=N)=C(N)c1ccc(F)c(C(F)(F)F)c1. The minimum Gasteiger partial charge on any atom is -0.398 e. The molecule has 4 nitrogen and oxygen atoms in total. The number of nitrogens with one attached hydrogen (secondary N) is 1. The van der Waals surface area contributed by atoms with Crippen molar-refractivity contribution in [1.29, 1.82) is 5.41 Å². The summed E-state index contributed by atoms with van der Waals surface area (Å²) >= 11 is 0. The van der Waals surface area contributed by atoms with Crippen LogP contribution >= 0.6 is 0 Å². The van der Waals surface area contributed by atoms with E-state index in [0.717, 1.165) is 18.3 Å². The van der Waals surface area contributed by atoms with Gasteiger partial charge in [-0.05, 0) is 30.8 Å². The standard InChI is InChI=1S/C14H18F4N4/c1-22(5-4-19)8-10(7-20)13(21)9-2-3-12(15)11(6-9)14(16,17)18/h2-3,6-7,20H,4-5,8,19,21H2,1H3. The molecule has 0 radical (unpaired) electrons. The number of nitrogens with two attached hydrogens (primary N) is 2. The molecular weight excluding hydrogens is 300 g/mol. The van der Waals surface area contributed by atoms with Crippen LogP contribution in [0.3, 0.4) is 0 Å². The zero-order valence-corrected chi connectivity index (χ0v) is 12.0. The lowest BCUT2D eigenvalue weighted by atomic mass is 10.0. The van der Waals surface area contributed by atoms with Gasteiger partial charge < -0.3 is 21.8 Å². The molecule has 1 aromatic carbocycles. The smallest absolute Gasteiger partial charge is 0.398 e. The van der Waals surface area contributed by atoms with Crippen molar-refractivity contribution in [2.24, 2.45) is 11.5 Å². The number of alkyl halides is 3. The summed E-state index contributed by atoms with van der Waals surface area (Å²) in [6.45, 7) is 1.20. The maximum atomic E-state index is 13.3. The Kier molecular flexibility index (Phi) is 6.07. The van der Waals surface area contributed by atoms with E-state index >= 15 is 0 Å². The number of rotatable bonds is 6. The van der Waals surface area contributed by atoms with Crippen LogP contribution in [0.2, 0.25) is 0 Å². The minimum absolute atomic E-state index is 0.00405. The lowest BCUT2D eigenvalue weighted by molar-refractivity contribution is -0.140. The predicted octanol–water partition coefficient (Wildman–Crippen LogP) is 2.05. The average Bonchev–Trinajstić information content (AvgIpc) is 2.43.